The minimum Gasteiger partial charge on any atom is -0.497 e. The maximum atomic E-state index is 13.0. The lowest BCUT2D eigenvalue weighted by atomic mass is 9.92. The lowest BCUT2D eigenvalue weighted by Crippen LogP contribution is -2.42. The van der Waals surface area contributed by atoms with Crippen LogP contribution in [0, 0.1) is 0 Å². The largest absolute Gasteiger partial charge is 0.497 e. The third kappa shape index (κ3) is 4.45. The molecule has 158 valence electrons. The first-order chi connectivity index (χ1) is 14.4. The summed E-state index contributed by atoms with van der Waals surface area (Å²) in [7, 11) is 1.55. The molecule has 0 saturated carbocycles. The first-order valence-electron chi connectivity index (χ1n) is 10.0. The quantitative estimate of drug-likeness (QED) is 0.654. The summed E-state index contributed by atoms with van der Waals surface area (Å²) in [6.45, 7) is 3.42. The van der Waals surface area contributed by atoms with Crippen LogP contribution in [0.25, 0.3) is 0 Å². The average molecular weight is 409 g/mol. The molecular formula is C23H27N3O4. The van der Waals surface area contributed by atoms with Gasteiger partial charge in [-0.25, -0.2) is 4.79 Å². The minimum atomic E-state index is -1.23. The number of hydrogen-bond donors (Lipinski definition) is 2. The summed E-state index contributed by atoms with van der Waals surface area (Å²) in [5.74, 6) is -0.252. The smallest absolute Gasteiger partial charge is 0.325 e. The van der Waals surface area contributed by atoms with E-state index in [1.165, 1.54) is 5.56 Å². The zero-order valence-electron chi connectivity index (χ0n) is 17.5. The van der Waals surface area contributed by atoms with Crippen LogP contribution in [-0.2, 0) is 21.5 Å². The van der Waals surface area contributed by atoms with Gasteiger partial charge in [-0.2, -0.15) is 0 Å². The van der Waals surface area contributed by atoms with E-state index in [9.17, 15) is 14.4 Å². The Morgan fingerprint density at radius 3 is 2.37 bits per heavy atom. The standard InChI is InChI=1S/C23H27N3O4/c1-4-5-6-16-7-11-18(12-8-16)24-20(27)15-26-21(28)23(2,25-22(26)29)17-9-13-19(30-3)14-10-17/h7-14H,4-6,15H2,1-3H3,(H,24,27)(H,25,29)/t23-/m0/s1. The van der Waals surface area contributed by atoms with Gasteiger partial charge in [0.15, 0.2) is 0 Å². The SMILES string of the molecule is CCCCc1ccc(NC(=O)CN2C(=O)N[C@@](C)(c3ccc(OC)cc3)C2=O)cc1. The summed E-state index contributed by atoms with van der Waals surface area (Å²) in [5, 5.41) is 5.44. The van der Waals surface area contributed by atoms with Gasteiger partial charge in [0.25, 0.3) is 5.91 Å². The molecular weight excluding hydrogens is 382 g/mol. The van der Waals surface area contributed by atoms with E-state index in [1.807, 2.05) is 24.3 Å². The highest BCUT2D eigenvalue weighted by molar-refractivity contribution is 6.10. The van der Waals surface area contributed by atoms with Crippen molar-refractivity contribution in [3.63, 3.8) is 0 Å². The summed E-state index contributed by atoms with van der Waals surface area (Å²) in [6.07, 6.45) is 3.24. The second-order valence-corrected chi connectivity index (χ2v) is 7.52. The van der Waals surface area contributed by atoms with Gasteiger partial charge >= 0.3 is 6.03 Å². The molecule has 0 aromatic heterocycles. The number of rotatable bonds is 8. The van der Waals surface area contributed by atoms with Gasteiger partial charge in [0.1, 0.15) is 17.8 Å². The topological polar surface area (TPSA) is 87.7 Å². The third-order valence-corrected chi connectivity index (χ3v) is 5.30. The Morgan fingerprint density at radius 1 is 1.10 bits per heavy atom. The molecule has 0 bridgehead atoms. The number of urea groups is 1. The van der Waals surface area contributed by atoms with Crippen molar-refractivity contribution >= 4 is 23.5 Å². The molecule has 1 aliphatic heterocycles. The van der Waals surface area contributed by atoms with Gasteiger partial charge in [0.2, 0.25) is 5.91 Å². The molecule has 0 radical (unpaired) electrons. The van der Waals surface area contributed by atoms with Crippen LogP contribution in [0.15, 0.2) is 48.5 Å². The number of nitrogens with one attached hydrogen (secondary N) is 2. The Hall–Kier alpha value is -3.35. The summed E-state index contributed by atoms with van der Waals surface area (Å²) < 4.78 is 5.13. The van der Waals surface area contributed by atoms with E-state index in [0.717, 1.165) is 24.2 Å². The van der Waals surface area contributed by atoms with Crippen molar-refractivity contribution in [2.45, 2.75) is 38.6 Å². The average Bonchev–Trinajstić information content (AvgIpc) is 2.97. The molecule has 7 heteroatoms. The zero-order valence-corrected chi connectivity index (χ0v) is 17.5. The van der Waals surface area contributed by atoms with E-state index in [4.69, 9.17) is 4.74 Å². The summed E-state index contributed by atoms with van der Waals surface area (Å²) in [5.41, 5.74) is 1.22. The number of ether oxygens (including phenoxy) is 1. The second-order valence-electron chi connectivity index (χ2n) is 7.52. The summed E-state index contributed by atoms with van der Waals surface area (Å²) >= 11 is 0. The lowest BCUT2D eigenvalue weighted by molar-refractivity contribution is -0.133. The molecule has 3 rings (SSSR count). The predicted octanol–water partition coefficient (Wildman–Crippen LogP) is 3.44. The number of unbranched alkanes of at least 4 members (excludes halogenated alkanes) is 1. The number of benzene rings is 2. The highest BCUT2D eigenvalue weighted by Gasteiger charge is 2.49. The third-order valence-electron chi connectivity index (χ3n) is 5.30. The maximum Gasteiger partial charge on any atom is 0.325 e. The zero-order chi connectivity index (χ0) is 21.7. The number of anilines is 1. The van der Waals surface area contributed by atoms with Crippen molar-refractivity contribution in [2.75, 3.05) is 19.0 Å². The van der Waals surface area contributed by atoms with Crippen molar-refractivity contribution in [1.82, 2.24) is 10.2 Å². The Bertz CT molecular complexity index is 924. The van der Waals surface area contributed by atoms with Gasteiger partial charge in [-0.05, 0) is 55.2 Å². The van der Waals surface area contributed by atoms with Crippen LogP contribution in [0.2, 0.25) is 0 Å². The fourth-order valence-corrected chi connectivity index (χ4v) is 3.44. The molecule has 4 amide bonds. The monoisotopic (exact) mass is 409 g/mol. The van der Waals surface area contributed by atoms with Crippen LogP contribution < -0.4 is 15.4 Å². The first-order valence-corrected chi connectivity index (χ1v) is 10.0. The van der Waals surface area contributed by atoms with Gasteiger partial charge in [-0.15, -0.1) is 0 Å². The summed E-state index contributed by atoms with van der Waals surface area (Å²) in [6, 6.07) is 13.9. The maximum absolute atomic E-state index is 13.0. The van der Waals surface area contributed by atoms with Gasteiger partial charge < -0.3 is 15.4 Å². The van der Waals surface area contributed by atoms with Gasteiger partial charge in [0.05, 0.1) is 7.11 Å². The van der Waals surface area contributed by atoms with Crippen molar-refractivity contribution < 1.29 is 19.1 Å². The Morgan fingerprint density at radius 2 is 1.77 bits per heavy atom. The number of hydrogen-bond acceptors (Lipinski definition) is 4. The molecule has 2 N–H and O–H groups in total. The molecule has 2 aromatic carbocycles. The molecule has 1 heterocycles. The normalized spacial score (nSPS) is 18.3. The number of imide groups is 1. The van der Waals surface area contributed by atoms with Gasteiger partial charge in [0, 0.05) is 5.69 Å². The van der Waals surface area contributed by atoms with E-state index < -0.39 is 23.4 Å². The number of amides is 4. The Kier molecular flexibility index (Phi) is 6.40. The van der Waals surface area contributed by atoms with Gasteiger partial charge in [-0.1, -0.05) is 37.6 Å². The van der Waals surface area contributed by atoms with Crippen LogP contribution in [-0.4, -0.2) is 36.4 Å². The Balaban J connectivity index is 1.65. The van der Waals surface area contributed by atoms with E-state index in [1.54, 1.807) is 38.3 Å². The van der Waals surface area contributed by atoms with E-state index in [2.05, 4.69) is 17.6 Å². The predicted molar refractivity (Wildman–Crippen MR) is 114 cm³/mol. The lowest BCUT2D eigenvalue weighted by Gasteiger charge is -2.22. The molecule has 30 heavy (non-hydrogen) atoms. The molecule has 1 atom stereocenters. The number of carbonyl (C=O) groups excluding carboxylic acids is 3. The van der Waals surface area contributed by atoms with E-state index >= 15 is 0 Å². The van der Waals surface area contributed by atoms with Gasteiger partial charge in [-0.3, -0.25) is 14.5 Å². The van der Waals surface area contributed by atoms with E-state index in [0.29, 0.717) is 17.0 Å². The number of aryl methyl sites for hydroxylation is 1. The fourth-order valence-electron chi connectivity index (χ4n) is 3.44. The van der Waals surface area contributed by atoms with Crippen LogP contribution in [0.3, 0.4) is 0 Å². The highest BCUT2D eigenvalue weighted by Crippen LogP contribution is 2.30. The number of carbonyl (C=O) groups is 3. The molecule has 1 saturated heterocycles. The molecule has 0 spiro atoms. The molecule has 1 fully saturated rings. The van der Waals surface area contributed by atoms with Crippen LogP contribution >= 0.6 is 0 Å². The van der Waals surface area contributed by atoms with Crippen LogP contribution in [0.1, 0.15) is 37.8 Å². The van der Waals surface area contributed by atoms with Crippen LogP contribution in [0.5, 0.6) is 5.75 Å². The van der Waals surface area contributed by atoms with E-state index in [-0.39, 0.29) is 6.54 Å². The number of nitrogens with zero attached hydrogens (tertiary/aromatic N) is 1. The second kappa shape index (κ2) is 8.98. The van der Waals surface area contributed by atoms with Crippen molar-refractivity contribution in [1.29, 1.82) is 0 Å². The Labute approximate surface area is 176 Å². The molecule has 7 nitrogen and oxygen atoms in total. The van der Waals surface area contributed by atoms with Crippen molar-refractivity contribution in [3.05, 3.63) is 59.7 Å². The van der Waals surface area contributed by atoms with Crippen molar-refractivity contribution in [2.24, 2.45) is 0 Å². The van der Waals surface area contributed by atoms with Crippen LogP contribution in [0.4, 0.5) is 10.5 Å². The van der Waals surface area contributed by atoms with Crippen molar-refractivity contribution in [3.8, 4) is 5.75 Å². The molecule has 0 aliphatic carbocycles. The number of methoxy groups -OCH3 is 1. The fraction of sp³-hybridized carbons (Fsp3) is 0.348. The summed E-state index contributed by atoms with van der Waals surface area (Å²) in [4.78, 5) is 38.8. The minimum absolute atomic E-state index is 0.353. The first kappa shape index (κ1) is 21.4. The molecule has 2 aromatic rings. The molecule has 0 unspecified atom stereocenters. The highest BCUT2D eigenvalue weighted by atomic mass is 16.5. The molecule has 1 aliphatic rings.